The number of hydrogen-bond acceptors (Lipinski definition) is 11. The van der Waals surface area contributed by atoms with E-state index in [1.165, 1.54) is 12.0 Å². The van der Waals surface area contributed by atoms with Gasteiger partial charge in [-0.25, -0.2) is 9.78 Å². The number of amides is 1. The zero-order chi connectivity index (χ0) is 38.7. The topological polar surface area (TPSA) is 112 Å². The molecule has 1 saturated carbocycles. The lowest BCUT2D eigenvalue weighted by molar-refractivity contribution is 0.0410. The molecule has 1 aliphatic carbocycles. The van der Waals surface area contributed by atoms with E-state index in [-0.39, 0.29) is 49.3 Å². The summed E-state index contributed by atoms with van der Waals surface area (Å²) in [7, 11) is 3.85. The number of likely N-dealkylation sites (tertiary alicyclic amines) is 1. The van der Waals surface area contributed by atoms with Gasteiger partial charge in [0.2, 0.25) is 5.88 Å². The smallest absolute Gasteiger partial charge is 0.410 e. The number of piperazine rings is 1. The summed E-state index contributed by atoms with van der Waals surface area (Å²) in [5, 5.41) is 2.93. The van der Waals surface area contributed by atoms with Crippen molar-refractivity contribution in [2.45, 2.75) is 94.7 Å². The average molecular weight is 771 g/mol. The first-order valence-corrected chi connectivity index (χ1v) is 20.6. The Bertz CT molecular complexity index is 2320. The molecule has 1 spiro atoms. The molecule has 57 heavy (non-hydrogen) atoms. The van der Waals surface area contributed by atoms with E-state index < -0.39 is 0 Å². The summed E-state index contributed by atoms with van der Waals surface area (Å²) in [5.41, 5.74) is 4.53. The van der Waals surface area contributed by atoms with E-state index in [4.69, 9.17) is 38.6 Å². The highest BCUT2D eigenvalue weighted by Crippen LogP contribution is 2.47. The number of likely N-dealkylation sites (N-methyl/N-ethyl adjacent to an activating group) is 1. The van der Waals surface area contributed by atoms with E-state index >= 15 is 0 Å². The van der Waals surface area contributed by atoms with Crippen LogP contribution >= 0.6 is 0 Å². The fourth-order valence-electron chi connectivity index (χ4n) is 10.6. The molecule has 4 fully saturated rings. The highest BCUT2D eigenvalue weighted by atomic mass is 16.7. The fourth-order valence-corrected chi connectivity index (χ4v) is 10.6. The van der Waals surface area contributed by atoms with Gasteiger partial charge in [-0.1, -0.05) is 55.5 Å². The number of aryl methyl sites for hydroxylation is 1. The van der Waals surface area contributed by atoms with Crippen molar-refractivity contribution in [2.24, 2.45) is 0 Å². The van der Waals surface area contributed by atoms with Crippen LogP contribution in [0.3, 0.4) is 0 Å². The van der Waals surface area contributed by atoms with Crippen molar-refractivity contribution in [1.29, 1.82) is 0 Å². The molecule has 5 aliphatic rings. The maximum absolute atomic E-state index is 13.8. The third-order valence-corrected chi connectivity index (χ3v) is 13.3. The molecule has 0 radical (unpaired) electrons. The number of methoxy groups -OCH3 is 1. The van der Waals surface area contributed by atoms with E-state index in [1.54, 1.807) is 7.11 Å². The van der Waals surface area contributed by atoms with Gasteiger partial charge in [-0.15, -0.1) is 0 Å². The minimum Gasteiger partial charge on any atom is -0.475 e. The molecule has 5 aromatic rings. The molecule has 3 saturated heterocycles. The van der Waals surface area contributed by atoms with E-state index in [0.717, 1.165) is 90.3 Å². The van der Waals surface area contributed by atoms with Crippen LogP contribution in [0.1, 0.15) is 63.0 Å². The summed E-state index contributed by atoms with van der Waals surface area (Å²) in [5.74, 6) is 1.92. The molecule has 2 aromatic heterocycles. The molecule has 10 rings (SSSR count). The molecule has 2 unspecified atom stereocenters. The lowest BCUT2D eigenvalue weighted by atomic mass is 9.92. The van der Waals surface area contributed by atoms with Gasteiger partial charge in [-0.05, 0) is 105 Å². The van der Waals surface area contributed by atoms with Crippen LogP contribution in [-0.4, -0.2) is 101 Å². The highest BCUT2D eigenvalue weighted by molar-refractivity contribution is 6.03. The van der Waals surface area contributed by atoms with Crippen LogP contribution in [0.25, 0.3) is 32.9 Å². The minimum atomic E-state index is -0.286. The van der Waals surface area contributed by atoms with Crippen molar-refractivity contribution in [3.05, 3.63) is 77.9 Å². The van der Waals surface area contributed by atoms with Crippen LogP contribution < -0.4 is 19.1 Å². The SMILES string of the molecule is CCc1cccc2cc(OCOC)cc(-c3cc4nc(OC5CCCC56CCCN6C)nc5c4c(n3)OC[C@@H]3[C@@H]4CC[C@H](CN53)N4C(=O)OCc3ccccc3)c12. The van der Waals surface area contributed by atoms with Gasteiger partial charge in [0.05, 0.1) is 34.9 Å². The Balaban J connectivity index is 1.08. The molecule has 4 aliphatic heterocycles. The van der Waals surface area contributed by atoms with Crippen LogP contribution in [0.5, 0.6) is 17.6 Å². The van der Waals surface area contributed by atoms with E-state index in [2.05, 4.69) is 54.1 Å². The summed E-state index contributed by atoms with van der Waals surface area (Å²) in [4.78, 5) is 36.4. The zero-order valence-corrected chi connectivity index (χ0v) is 33.0. The van der Waals surface area contributed by atoms with Gasteiger partial charge < -0.3 is 28.6 Å². The van der Waals surface area contributed by atoms with Crippen LogP contribution in [0.4, 0.5) is 10.6 Å². The molecular formula is C45H50N6O6. The van der Waals surface area contributed by atoms with E-state index in [0.29, 0.717) is 36.3 Å². The third kappa shape index (κ3) is 6.19. The second-order valence-corrected chi connectivity index (χ2v) is 16.3. The monoisotopic (exact) mass is 770 g/mol. The van der Waals surface area contributed by atoms with Crippen molar-refractivity contribution in [2.75, 3.05) is 45.5 Å². The van der Waals surface area contributed by atoms with Crippen molar-refractivity contribution in [3.8, 4) is 28.9 Å². The molecule has 6 heterocycles. The zero-order valence-electron chi connectivity index (χ0n) is 33.0. The van der Waals surface area contributed by atoms with Crippen molar-refractivity contribution in [3.63, 3.8) is 0 Å². The van der Waals surface area contributed by atoms with Gasteiger partial charge in [0.15, 0.2) is 6.79 Å². The predicted octanol–water partition coefficient (Wildman–Crippen LogP) is 7.54. The number of nitrogens with zero attached hydrogens (tertiary/aromatic N) is 6. The van der Waals surface area contributed by atoms with Gasteiger partial charge in [0, 0.05) is 19.2 Å². The number of pyridine rings is 1. The first kappa shape index (κ1) is 36.2. The van der Waals surface area contributed by atoms with Gasteiger partial charge in [-0.3, -0.25) is 9.80 Å². The summed E-state index contributed by atoms with van der Waals surface area (Å²) in [6.45, 7) is 4.52. The summed E-state index contributed by atoms with van der Waals surface area (Å²) in [6.07, 6.45) is 7.76. The van der Waals surface area contributed by atoms with Gasteiger partial charge in [-0.2, -0.15) is 9.97 Å². The molecule has 0 N–H and O–H groups in total. The van der Waals surface area contributed by atoms with Crippen LogP contribution in [0.15, 0.2) is 66.7 Å². The van der Waals surface area contributed by atoms with E-state index in [1.807, 2.05) is 41.3 Å². The Morgan fingerprint density at radius 2 is 1.82 bits per heavy atom. The average Bonchev–Trinajstić information content (AvgIpc) is 3.89. The molecule has 3 aromatic carbocycles. The van der Waals surface area contributed by atoms with Crippen molar-refractivity contribution >= 4 is 33.6 Å². The number of carbonyl (C=O) groups is 1. The number of ether oxygens (including phenoxy) is 5. The quantitative estimate of drug-likeness (QED) is 0.139. The van der Waals surface area contributed by atoms with Crippen LogP contribution in [0.2, 0.25) is 0 Å². The Morgan fingerprint density at radius 3 is 2.65 bits per heavy atom. The third-order valence-electron chi connectivity index (χ3n) is 13.3. The van der Waals surface area contributed by atoms with Crippen molar-refractivity contribution in [1.82, 2.24) is 24.8 Å². The maximum atomic E-state index is 13.8. The summed E-state index contributed by atoms with van der Waals surface area (Å²) in [6, 6.07) is 22.4. The molecule has 2 bridgehead atoms. The Kier molecular flexibility index (Phi) is 9.28. The fraction of sp³-hybridized carbons (Fsp3) is 0.467. The Morgan fingerprint density at radius 1 is 0.947 bits per heavy atom. The normalized spacial score (nSPS) is 25.2. The lowest BCUT2D eigenvalue weighted by Gasteiger charge is -2.45. The van der Waals surface area contributed by atoms with Crippen LogP contribution in [0, 0.1) is 0 Å². The Labute approximate surface area is 333 Å². The molecule has 296 valence electrons. The number of benzene rings is 3. The predicted molar refractivity (Wildman–Crippen MR) is 217 cm³/mol. The number of aromatic nitrogens is 3. The summed E-state index contributed by atoms with van der Waals surface area (Å²) >= 11 is 0. The molecular weight excluding hydrogens is 721 g/mol. The maximum Gasteiger partial charge on any atom is 0.410 e. The molecule has 5 atom stereocenters. The number of anilines is 1. The van der Waals surface area contributed by atoms with Gasteiger partial charge in [0.1, 0.15) is 36.3 Å². The Hall–Kier alpha value is -5.20. The number of carbonyl (C=O) groups excluding carboxylic acids is 1. The standard InChI is InChI=1S/C45H50N6O6/c1-4-29-13-8-14-30-21-32(56-27-53-3)22-33(39(29)30)34-23-35-40-41(48-43(47-35)57-38-15-9-18-45(38)19-10-20-49(45)2)50-24-31-16-17-36(37(50)26-54-42(40)46-34)51(31)44(52)55-25-28-11-6-5-7-12-28/h5-8,11-14,21-23,31,36-38H,4,9-10,15-20,24-27H2,1-3H3/t31-,36+,37-,38?,45?/m1/s1. The second kappa shape index (κ2) is 14.6. The highest BCUT2D eigenvalue weighted by Gasteiger charge is 2.52. The molecule has 12 nitrogen and oxygen atoms in total. The molecule has 1 amide bonds. The van der Waals surface area contributed by atoms with E-state index in [9.17, 15) is 4.79 Å². The van der Waals surface area contributed by atoms with Gasteiger partial charge >= 0.3 is 12.1 Å². The molecule has 12 heteroatoms. The summed E-state index contributed by atoms with van der Waals surface area (Å²) < 4.78 is 31.0. The number of fused-ring (bicyclic) bond motifs is 6. The van der Waals surface area contributed by atoms with Gasteiger partial charge in [0.25, 0.3) is 0 Å². The largest absolute Gasteiger partial charge is 0.475 e. The first-order chi connectivity index (χ1) is 27.9. The lowest BCUT2D eigenvalue weighted by Crippen LogP contribution is -2.63. The van der Waals surface area contributed by atoms with Crippen LogP contribution in [-0.2, 0) is 22.5 Å². The minimum absolute atomic E-state index is 0.00436. The van der Waals surface area contributed by atoms with Crippen molar-refractivity contribution < 1.29 is 28.5 Å². The first-order valence-electron chi connectivity index (χ1n) is 20.6. The number of rotatable bonds is 9. The second-order valence-electron chi connectivity index (χ2n) is 16.3. The number of hydrogen-bond donors (Lipinski definition) is 0.